The Labute approximate surface area is 91.3 Å². The maximum Gasteiger partial charge on any atom is 0.335 e. The van der Waals surface area contributed by atoms with Crippen LogP contribution in [0.4, 0.5) is 10.5 Å². The van der Waals surface area contributed by atoms with E-state index < -0.39 is 17.8 Å². The van der Waals surface area contributed by atoms with Gasteiger partial charge in [0.1, 0.15) is 6.42 Å². The van der Waals surface area contributed by atoms with Gasteiger partial charge in [-0.15, -0.1) is 0 Å². The van der Waals surface area contributed by atoms with Crippen LogP contribution in [0.15, 0.2) is 18.3 Å². The van der Waals surface area contributed by atoms with Crippen LogP contribution in [0.5, 0.6) is 0 Å². The van der Waals surface area contributed by atoms with Gasteiger partial charge in [0.15, 0.2) is 0 Å². The number of rotatable bonds is 1. The molecule has 1 fully saturated rings. The van der Waals surface area contributed by atoms with Crippen LogP contribution >= 0.6 is 0 Å². The maximum atomic E-state index is 11.5. The molecule has 0 spiro atoms. The van der Waals surface area contributed by atoms with E-state index in [1.807, 2.05) is 0 Å². The van der Waals surface area contributed by atoms with E-state index in [-0.39, 0.29) is 6.42 Å². The molecule has 4 amide bonds. The Hall–Kier alpha value is -2.24. The lowest BCUT2D eigenvalue weighted by Gasteiger charge is -2.24. The van der Waals surface area contributed by atoms with Crippen molar-refractivity contribution >= 4 is 23.5 Å². The summed E-state index contributed by atoms with van der Waals surface area (Å²) in [6, 6.07) is 2.56. The van der Waals surface area contributed by atoms with Crippen molar-refractivity contribution in [1.29, 1.82) is 0 Å². The number of urea groups is 1. The highest BCUT2D eigenvalue weighted by Crippen LogP contribution is 2.16. The Morgan fingerprint density at radius 2 is 2.06 bits per heavy atom. The predicted molar refractivity (Wildman–Crippen MR) is 54.6 cm³/mol. The second kappa shape index (κ2) is 3.73. The van der Waals surface area contributed by atoms with Gasteiger partial charge >= 0.3 is 6.03 Å². The van der Waals surface area contributed by atoms with Gasteiger partial charge in [-0.1, -0.05) is 0 Å². The summed E-state index contributed by atoms with van der Waals surface area (Å²) < 4.78 is 0. The first-order chi connectivity index (χ1) is 7.58. The fourth-order valence-electron chi connectivity index (χ4n) is 1.40. The maximum absolute atomic E-state index is 11.5. The molecule has 0 radical (unpaired) electrons. The van der Waals surface area contributed by atoms with E-state index in [0.717, 1.165) is 10.6 Å². The van der Waals surface area contributed by atoms with Crippen LogP contribution in [-0.2, 0) is 9.59 Å². The number of amides is 4. The van der Waals surface area contributed by atoms with E-state index in [2.05, 4.69) is 10.3 Å². The van der Waals surface area contributed by atoms with Crippen molar-refractivity contribution in [3.8, 4) is 0 Å². The Morgan fingerprint density at radius 1 is 1.31 bits per heavy atom. The molecule has 82 valence electrons. The number of carbonyl (C=O) groups excluding carboxylic acids is 3. The molecule has 0 saturated carbocycles. The summed E-state index contributed by atoms with van der Waals surface area (Å²) in [4.78, 5) is 38.8. The van der Waals surface area contributed by atoms with Gasteiger partial charge in [-0.05, 0) is 19.1 Å². The summed E-state index contributed by atoms with van der Waals surface area (Å²) >= 11 is 0. The zero-order valence-electron chi connectivity index (χ0n) is 8.56. The van der Waals surface area contributed by atoms with Crippen molar-refractivity contribution in [2.45, 2.75) is 13.3 Å². The summed E-state index contributed by atoms with van der Waals surface area (Å²) in [7, 11) is 0. The SMILES string of the molecule is Cc1ccc(N2C(=O)CC(=O)NC2=O)cn1. The van der Waals surface area contributed by atoms with Crippen molar-refractivity contribution < 1.29 is 14.4 Å². The first kappa shape index (κ1) is 10.3. The predicted octanol–water partition coefficient (Wildman–Crippen LogP) is 0.363. The summed E-state index contributed by atoms with van der Waals surface area (Å²) in [5.41, 5.74) is 1.14. The molecule has 1 aromatic heterocycles. The van der Waals surface area contributed by atoms with Gasteiger partial charge in [-0.2, -0.15) is 0 Å². The molecule has 0 bridgehead atoms. The molecule has 1 N–H and O–H groups in total. The second-order valence-corrected chi connectivity index (χ2v) is 3.42. The van der Waals surface area contributed by atoms with Crippen molar-refractivity contribution in [3.05, 3.63) is 24.0 Å². The Morgan fingerprint density at radius 3 is 2.62 bits per heavy atom. The Balaban J connectivity index is 2.32. The second-order valence-electron chi connectivity index (χ2n) is 3.42. The van der Waals surface area contributed by atoms with Crippen LogP contribution in [0.1, 0.15) is 12.1 Å². The topological polar surface area (TPSA) is 79.4 Å². The molecule has 0 aromatic carbocycles. The Kier molecular flexibility index (Phi) is 2.40. The van der Waals surface area contributed by atoms with Gasteiger partial charge < -0.3 is 0 Å². The molecule has 0 aliphatic carbocycles. The third kappa shape index (κ3) is 1.77. The van der Waals surface area contributed by atoms with Crippen molar-refractivity contribution in [2.75, 3.05) is 4.90 Å². The van der Waals surface area contributed by atoms with Gasteiger partial charge in [-0.25, -0.2) is 9.69 Å². The molecule has 1 aliphatic heterocycles. The zero-order valence-corrected chi connectivity index (χ0v) is 8.56. The highest BCUT2D eigenvalue weighted by atomic mass is 16.2. The van der Waals surface area contributed by atoms with Crippen molar-refractivity contribution in [3.63, 3.8) is 0 Å². The van der Waals surface area contributed by atoms with E-state index >= 15 is 0 Å². The van der Waals surface area contributed by atoms with Gasteiger partial charge in [0.2, 0.25) is 11.8 Å². The van der Waals surface area contributed by atoms with Crippen LogP contribution in [0.25, 0.3) is 0 Å². The largest absolute Gasteiger partial charge is 0.335 e. The van der Waals surface area contributed by atoms with Crippen LogP contribution in [-0.4, -0.2) is 22.8 Å². The first-order valence-corrected chi connectivity index (χ1v) is 4.67. The fourth-order valence-corrected chi connectivity index (χ4v) is 1.40. The number of aromatic nitrogens is 1. The third-order valence-electron chi connectivity index (χ3n) is 2.16. The van der Waals surface area contributed by atoms with Crippen LogP contribution in [0, 0.1) is 6.92 Å². The molecule has 6 heteroatoms. The van der Waals surface area contributed by atoms with E-state index in [1.54, 1.807) is 19.1 Å². The lowest BCUT2D eigenvalue weighted by molar-refractivity contribution is -0.128. The molecule has 0 unspecified atom stereocenters. The van der Waals surface area contributed by atoms with E-state index in [9.17, 15) is 14.4 Å². The number of imide groups is 2. The highest BCUT2D eigenvalue weighted by molar-refractivity contribution is 6.26. The molecular weight excluding hydrogens is 210 g/mol. The normalized spacial score (nSPS) is 16.3. The summed E-state index contributed by atoms with van der Waals surface area (Å²) in [6.07, 6.45) is 1.10. The lowest BCUT2D eigenvalue weighted by Crippen LogP contribution is -2.52. The number of pyridine rings is 1. The summed E-state index contributed by atoms with van der Waals surface area (Å²) in [5.74, 6) is -1.12. The number of barbiturate groups is 1. The van der Waals surface area contributed by atoms with E-state index in [0.29, 0.717) is 5.69 Å². The molecule has 1 saturated heterocycles. The average molecular weight is 219 g/mol. The molecule has 1 aliphatic rings. The molecule has 1 aromatic rings. The number of carbonyl (C=O) groups is 3. The van der Waals surface area contributed by atoms with Gasteiger partial charge in [0, 0.05) is 5.69 Å². The fraction of sp³-hybridized carbons (Fsp3) is 0.200. The van der Waals surface area contributed by atoms with Crippen molar-refractivity contribution in [2.24, 2.45) is 0 Å². The van der Waals surface area contributed by atoms with Gasteiger partial charge in [0.05, 0.1) is 11.9 Å². The van der Waals surface area contributed by atoms with Gasteiger partial charge in [0.25, 0.3) is 0 Å². The van der Waals surface area contributed by atoms with Crippen LogP contribution < -0.4 is 10.2 Å². The number of aryl methyl sites for hydroxylation is 1. The van der Waals surface area contributed by atoms with Crippen LogP contribution in [0.3, 0.4) is 0 Å². The highest BCUT2D eigenvalue weighted by Gasteiger charge is 2.31. The minimum absolute atomic E-state index is 0.320. The zero-order chi connectivity index (χ0) is 11.7. The molecule has 16 heavy (non-hydrogen) atoms. The number of hydrogen-bond donors (Lipinski definition) is 1. The van der Waals surface area contributed by atoms with E-state index in [1.165, 1.54) is 6.20 Å². The quantitative estimate of drug-likeness (QED) is 0.692. The molecular formula is C10H9N3O3. The third-order valence-corrected chi connectivity index (χ3v) is 2.16. The van der Waals surface area contributed by atoms with Crippen molar-refractivity contribution in [1.82, 2.24) is 10.3 Å². The Bertz CT molecular complexity index is 447. The monoisotopic (exact) mass is 219 g/mol. The smallest absolute Gasteiger partial charge is 0.277 e. The summed E-state index contributed by atoms with van der Waals surface area (Å²) in [6.45, 7) is 1.80. The standard InChI is InChI=1S/C10H9N3O3/c1-6-2-3-7(5-11-6)13-9(15)4-8(14)12-10(13)16/h2-3,5H,4H2,1H3,(H,12,14,16). The number of nitrogens with one attached hydrogen (secondary N) is 1. The van der Waals surface area contributed by atoms with E-state index in [4.69, 9.17) is 0 Å². The lowest BCUT2D eigenvalue weighted by atomic mass is 10.2. The average Bonchev–Trinajstić information content (AvgIpc) is 2.19. The minimum atomic E-state index is -0.730. The first-order valence-electron chi connectivity index (χ1n) is 4.67. The van der Waals surface area contributed by atoms with Crippen LogP contribution in [0.2, 0.25) is 0 Å². The molecule has 0 atom stereocenters. The molecule has 6 nitrogen and oxygen atoms in total. The summed E-state index contributed by atoms with van der Waals surface area (Å²) in [5, 5.41) is 2.07. The number of anilines is 1. The van der Waals surface area contributed by atoms with Gasteiger partial charge in [-0.3, -0.25) is 19.9 Å². The number of hydrogen-bond acceptors (Lipinski definition) is 4. The molecule has 2 rings (SSSR count). The molecule has 2 heterocycles. The number of nitrogens with zero attached hydrogens (tertiary/aromatic N) is 2. The minimum Gasteiger partial charge on any atom is -0.277 e.